The lowest BCUT2D eigenvalue weighted by atomic mass is 10.1. The number of hydrogen-bond acceptors (Lipinski definition) is 2. The topological polar surface area (TPSA) is 32.3 Å². The van der Waals surface area contributed by atoms with Gasteiger partial charge >= 0.3 is 0 Å². The quantitative estimate of drug-likeness (QED) is 0.897. The Morgan fingerprint density at radius 1 is 1.05 bits per heavy atom. The number of nitrogens with one attached hydrogen (secondary N) is 1. The molecule has 0 bridgehead atoms. The predicted molar refractivity (Wildman–Crippen MR) is 71.2 cm³/mol. The SMILES string of the molecule is OC(CNc1cc(Cl)ccc1F)c1c(F)cccc1F. The number of halogens is 4. The molecule has 2 aromatic rings. The van der Waals surface area contributed by atoms with Gasteiger partial charge < -0.3 is 10.4 Å². The van der Waals surface area contributed by atoms with E-state index in [0.717, 1.165) is 18.2 Å². The van der Waals surface area contributed by atoms with Crippen molar-refractivity contribution in [1.82, 2.24) is 0 Å². The minimum Gasteiger partial charge on any atom is -0.386 e. The normalized spacial score (nSPS) is 12.2. The number of aliphatic hydroxyl groups excluding tert-OH is 1. The summed E-state index contributed by atoms with van der Waals surface area (Å²) in [7, 11) is 0. The standard InChI is InChI=1S/C14H11ClF3NO/c15-8-4-5-9(16)12(6-8)19-7-13(20)14-10(17)2-1-3-11(14)18/h1-6,13,19-20H,7H2. The molecular formula is C14H11ClF3NO. The molecule has 1 atom stereocenters. The molecule has 2 N–H and O–H groups in total. The van der Waals surface area contributed by atoms with Crippen LogP contribution in [0.25, 0.3) is 0 Å². The molecule has 2 rings (SSSR count). The number of rotatable bonds is 4. The van der Waals surface area contributed by atoms with E-state index in [2.05, 4.69) is 5.32 Å². The van der Waals surface area contributed by atoms with E-state index in [1.807, 2.05) is 0 Å². The largest absolute Gasteiger partial charge is 0.386 e. The lowest BCUT2D eigenvalue weighted by Crippen LogP contribution is -2.15. The van der Waals surface area contributed by atoms with Crippen LogP contribution in [0.3, 0.4) is 0 Å². The fraction of sp³-hybridized carbons (Fsp3) is 0.143. The van der Waals surface area contributed by atoms with Crippen LogP contribution in [0.5, 0.6) is 0 Å². The van der Waals surface area contributed by atoms with E-state index in [1.54, 1.807) is 0 Å². The summed E-state index contributed by atoms with van der Waals surface area (Å²) < 4.78 is 40.3. The Morgan fingerprint density at radius 3 is 2.35 bits per heavy atom. The van der Waals surface area contributed by atoms with E-state index >= 15 is 0 Å². The van der Waals surface area contributed by atoms with Crippen molar-refractivity contribution < 1.29 is 18.3 Å². The Labute approximate surface area is 118 Å². The van der Waals surface area contributed by atoms with Gasteiger partial charge in [-0.15, -0.1) is 0 Å². The van der Waals surface area contributed by atoms with Crippen LogP contribution < -0.4 is 5.32 Å². The maximum Gasteiger partial charge on any atom is 0.146 e. The zero-order chi connectivity index (χ0) is 14.7. The van der Waals surface area contributed by atoms with Gasteiger partial charge in [0.2, 0.25) is 0 Å². The first-order valence-electron chi connectivity index (χ1n) is 5.80. The Morgan fingerprint density at radius 2 is 1.70 bits per heavy atom. The molecule has 106 valence electrons. The highest BCUT2D eigenvalue weighted by atomic mass is 35.5. The van der Waals surface area contributed by atoms with Crippen LogP contribution in [-0.2, 0) is 0 Å². The van der Waals surface area contributed by atoms with Crippen molar-refractivity contribution in [2.75, 3.05) is 11.9 Å². The second-order valence-corrected chi connectivity index (χ2v) is 4.59. The molecule has 0 aliphatic rings. The van der Waals surface area contributed by atoms with Gasteiger partial charge in [-0.3, -0.25) is 0 Å². The van der Waals surface area contributed by atoms with Crippen molar-refractivity contribution in [2.45, 2.75) is 6.10 Å². The highest BCUT2D eigenvalue weighted by Gasteiger charge is 2.17. The summed E-state index contributed by atoms with van der Waals surface area (Å²) in [5.41, 5.74) is -0.407. The summed E-state index contributed by atoms with van der Waals surface area (Å²) in [5, 5.41) is 12.7. The molecule has 1 unspecified atom stereocenters. The second kappa shape index (κ2) is 6.15. The predicted octanol–water partition coefficient (Wildman–Crippen LogP) is 3.90. The molecule has 6 heteroatoms. The van der Waals surface area contributed by atoms with Crippen molar-refractivity contribution in [3.63, 3.8) is 0 Å². The maximum absolute atomic E-state index is 13.4. The van der Waals surface area contributed by atoms with Gasteiger partial charge in [-0.25, -0.2) is 13.2 Å². The average molecular weight is 302 g/mol. The third kappa shape index (κ3) is 3.23. The molecule has 0 heterocycles. The van der Waals surface area contributed by atoms with Crippen molar-refractivity contribution >= 4 is 17.3 Å². The molecule has 0 fully saturated rings. The Balaban J connectivity index is 2.13. The molecule has 2 nitrogen and oxygen atoms in total. The molecule has 0 amide bonds. The minimum absolute atomic E-state index is 0.0493. The van der Waals surface area contributed by atoms with Crippen LogP contribution in [-0.4, -0.2) is 11.7 Å². The molecule has 20 heavy (non-hydrogen) atoms. The van der Waals surface area contributed by atoms with E-state index in [0.29, 0.717) is 5.02 Å². The zero-order valence-corrected chi connectivity index (χ0v) is 11.0. The number of anilines is 1. The first-order valence-corrected chi connectivity index (χ1v) is 6.17. The number of aliphatic hydroxyl groups is 1. The van der Waals surface area contributed by atoms with Gasteiger partial charge in [0.15, 0.2) is 0 Å². The zero-order valence-electron chi connectivity index (χ0n) is 10.2. The van der Waals surface area contributed by atoms with E-state index in [4.69, 9.17) is 11.6 Å². The van der Waals surface area contributed by atoms with Gasteiger partial charge in [-0.05, 0) is 30.3 Å². The third-order valence-corrected chi connectivity index (χ3v) is 2.98. The average Bonchev–Trinajstić information content (AvgIpc) is 2.39. The first kappa shape index (κ1) is 14.7. The molecular weight excluding hydrogens is 291 g/mol. The number of benzene rings is 2. The fourth-order valence-electron chi connectivity index (χ4n) is 1.77. The Kier molecular flexibility index (Phi) is 4.52. The van der Waals surface area contributed by atoms with Crippen LogP contribution in [0.2, 0.25) is 5.02 Å². The molecule has 0 aliphatic carbocycles. The van der Waals surface area contributed by atoms with Crippen LogP contribution in [0.1, 0.15) is 11.7 Å². The van der Waals surface area contributed by atoms with E-state index in [9.17, 15) is 18.3 Å². The highest BCUT2D eigenvalue weighted by molar-refractivity contribution is 6.30. The molecule has 0 spiro atoms. The summed E-state index contributed by atoms with van der Waals surface area (Å²) in [5.74, 6) is -2.28. The monoisotopic (exact) mass is 301 g/mol. The summed E-state index contributed by atoms with van der Waals surface area (Å²) in [6.07, 6.45) is -1.45. The molecule has 0 saturated heterocycles. The van der Waals surface area contributed by atoms with Gasteiger partial charge in [0.05, 0.1) is 11.3 Å². The van der Waals surface area contributed by atoms with Gasteiger partial charge in [0.25, 0.3) is 0 Å². The van der Waals surface area contributed by atoms with Gasteiger partial charge in [0, 0.05) is 11.6 Å². The smallest absolute Gasteiger partial charge is 0.146 e. The Hall–Kier alpha value is -1.72. The molecule has 0 saturated carbocycles. The van der Waals surface area contributed by atoms with Crippen LogP contribution in [0.4, 0.5) is 18.9 Å². The third-order valence-electron chi connectivity index (χ3n) is 2.75. The summed E-state index contributed by atoms with van der Waals surface area (Å²) in [6.45, 7) is -0.255. The van der Waals surface area contributed by atoms with E-state index < -0.39 is 29.1 Å². The summed E-state index contributed by atoms with van der Waals surface area (Å²) >= 11 is 5.71. The summed E-state index contributed by atoms with van der Waals surface area (Å²) in [6, 6.07) is 7.13. The molecule has 2 aromatic carbocycles. The number of hydrogen-bond donors (Lipinski definition) is 2. The van der Waals surface area contributed by atoms with Crippen LogP contribution in [0.15, 0.2) is 36.4 Å². The van der Waals surface area contributed by atoms with Gasteiger partial charge in [-0.1, -0.05) is 17.7 Å². The second-order valence-electron chi connectivity index (χ2n) is 4.16. The lowest BCUT2D eigenvalue weighted by Gasteiger charge is -2.15. The van der Waals surface area contributed by atoms with Gasteiger partial charge in [0.1, 0.15) is 23.6 Å². The van der Waals surface area contributed by atoms with Crippen molar-refractivity contribution in [2.24, 2.45) is 0 Å². The van der Waals surface area contributed by atoms with Crippen molar-refractivity contribution in [1.29, 1.82) is 0 Å². The van der Waals surface area contributed by atoms with Crippen LogP contribution >= 0.6 is 11.6 Å². The van der Waals surface area contributed by atoms with Crippen LogP contribution in [0, 0.1) is 17.5 Å². The van der Waals surface area contributed by atoms with E-state index in [1.165, 1.54) is 18.2 Å². The maximum atomic E-state index is 13.4. The Bertz CT molecular complexity index is 601. The minimum atomic E-state index is -1.45. The molecule has 0 radical (unpaired) electrons. The lowest BCUT2D eigenvalue weighted by molar-refractivity contribution is 0.181. The first-order chi connectivity index (χ1) is 9.49. The fourth-order valence-corrected chi connectivity index (χ4v) is 1.94. The van der Waals surface area contributed by atoms with Crippen molar-refractivity contribution in [3.8, 4) is 0 Å². The summed E-state index contributed by atoms with van der Waals surface area (Å²) in [4.78, 5) is 0. The van der Waals surface area contributed by atoms with Crippen molar-refractivity contribution in [3.05, 3.63) is 64.4 Å². The highest BCUT2D eigenvalue weighted by Crippen LogP contribution is 2.23. The molecule has 0 aromatic heterocycles. The molecule has 0 aliphatic heterocycles. The van der Waals surface area contributed by atoms with Gasteiger partial charge in [-0.2, -0.15) is 0 Å². The van der Waals surface area contributed by atoms with E-state index in [-0.39, 0.29) is 12.2 Å².